The van der Waals surface area contributed by atoms with Crippen molar-refractivity contribution in [2.24, 2.45) is 0 Å². The van der Waals surface area contributed by atoms with Gasteiger partial charge in [0, 0.05) is 12.6 Å². The largest absolute Gasteiger partial charge is 0.314 e. The van der Waals surface area contributed by atoms with Crippen LogP contribution in [0.4, 0.5) is 4.39 Å². The van der Waals surface area contributed by atoms with Crippen LogP contribution >= 0.6 is 0 Å². The number of rotatable bonds is 5. The molecule has 1 aliphatic heterocycles. The lowest BCUT2D eigenvalue weighted by molar-refractivity contribution is 0.532. The summed E-state index contributed by atoms with van der Waals surface area (Å²) in [7, 11) is -3.76. The molecule has 1 saturated heterocycles. The van der Waals surface area contributed by atoms with Gasteiger partial charge in [-0.2, -0.15) is 0 Å². The summed E-state index contributed by atoms with van der Waals surface area (Å²) in [6.07, 6.45) is 2.93. The summed E-state index contributed by atoms with van der Waals surface area (Å²) in [5, 5.41) is 3.29. The molecule has 0 unspecified atom stereocenters. The molecule has 1 heterocycles. The van der Waals surface area contributed by atoms with Crippen molar-refractivity contribution in [2.75, 3.05) is 13.1 Å². The van der Waals surface area contributed by atoms with E-state index in [9.17, 15) is 12.8 Å². The van der Waals surface area contributed by atoms with Crippen LogP contribution < -0.4 is 10.0 Å². The average Bonchev–Trinajstić information content (AvgIpc) is 2.85. The summed E-state index contributed by atoms with van der Waals surface area (Å²) in [6, 6.07) is 4.45. The van der Waals surface area contributed by atoms with Gasteiger partial charge in [0.05, 0.1) is 0 Å². The van der Waals surface area contributed by atoms with Crippen LogP contribution in [0.1, 0.15) is 24.8 Å². The lowest BCUT2D eigenvalue weighted by atomic mass is 10.2. The second-order valence-electron chi connectivity index (χ2n) is 4.91. The Morgan fingerprint density at radius 2 is 2.26 bits per heavy atom. The zero-order valence-electron chi connectivity index (χ0n) is 10.9. The van der Waals surface area contributed by atoms with E-state index in [0.29, 0.717) is 12.6 Å². The maximum absolute atomic E-state index is 13.6. The smallest absolute Gasteiger partial charge is 0.243 e. The van der Waals surface area contributed by atoms with Gasteiger partial charge in [-0.05, 0) is 50.4 Å². The first-order valence-electron chi connectivity index (χ1n) is 6.48. The van der Waals surface area contributed by atoms with E-state index in [1.54, 1.807) is 13.0 Å². The van der Waals surface area contributed by atoms with E-state index in [2.05, 4.69) is 10.0 Å². The van der Waals surface area contributed by atoms with Crippen LogP contribution in [-0.2, 0) is 10.0 Å². The molecule has 0 amide bonds. The molecule has 1 fully saturated rings. The standard InChI is InChI=1S/C13H19FN2O2S/c1-10-4-5-12(14)13(9-10)19(17,18)16-8-6-11-3-2-7-15-11/h4-5,9,11,15-16H,2-3,6-8H2,1H3/t11-/m0/s1. The minimum atomic E-state index is -3.76. The lowest BCUT2D eigenvalue weighted by Crippen LogP contribution is -2.31. The van der Waals surface area contributed by atoms with Gasteiger partial charge in [-0.15, -0.1) is 0 Å². The fourth-order valence-electron chi connectivity index (χ4n) is 2.26. The summed E-state index contributed by atoms with van der Waals surface area (Å²) < 4.78 is 40.0. The number of halogens is 1. The Morgan fingerprint density at radius 3 is 2.95 bits per heavy atom. The van der Waals surface area contributed by atoms with Crippen molar-refractivity contribution in [2.45, 2.75) is 37.1 Å². The average molecular weight is 286 g/mol. The molecule has 2 N–H and O–H groups in total. The van der Waals surface area contributed by atoms with E-state index in [1.807, 2.05) is 0 Å². The predicted molar refractivity (Wildman–Crippen MR) is 72.0 cm³/mol. The summed E-state index contributed by atoms with van der Waals surface area (Å²) in [5.41, 5.74) is 0.722. The molecule has 4 nitrogen and oxygen atoms in total. The number of hydrogen-bond acceptors (Lipinski definition) is 3. The van der Waals surface area contributed by atoms with Crippen LogP contribution in [-0.4, -0.2) is 27.5 Å². The molecule has 1 atom stereocenters. The van der Waals surface area contributed by atoms with E-state index in [0.717, 1.165) is 31.4 Å². The van der Waals surface area contributed by atoms with E-state index in [1.165, 1.54) is 12.1 Å². The zero-order chi connectivity index (χ0) is 13.9. The molecule has 1 aliphatic rings. The molecule has 1 aromatic rings. The van der Waals surface area contributed by atoms with Crippen LogP contribution in [0.3, 0.4) is 0 Å². The van der Waals surface area contributed by atoms with Crippen molar-refractivity contribution >= 4 is 10.0 Å². The van der Waals surface area contributed by atoms with Crippen LogP contribution in [0, 0.1) is 12.7 Å². The van der Waals surface area contributed by atoms with Crippen molar-refractivity contribution in [3.8, 4) is 0 Å². The number of sulfonamides is 1. The topological polar surface area (TPSA) is 58.2 Å². The second-order valence-corrected chi connectivity index (χ2v) is 6.65. The van der Waals surface area contributed by atoms with Crippen LogP contribution in [0.25, 0.3) is 0 Å². The first-order chi connectivity index (χ1) is 8.99. The predicted octanol–water partition coefficient (Wildman–Crippen LogP) is 1.55. The summed E-state index contributed by atoms with van der Waals surface area (Å²) in [5.74, 6) is -0.711. The molecule has 0 saturated carbocycles. The summed E-state index contributed by atoms with van der Waals surface area (Å²) in [6.45, 7) is 3.05. The van der Waals surface area contributed by atoms with Gasteiger partial charge in [-0.3, -0.25) is 0 Å². The van der Waals surface area contributed by atoms with Gasteiger partial charge in [-0.1, -0.05) is 6.07 Å². The SMILES string of the molecule is Cc1ccc(F)c(S(=O)(=O)NCC[C@@H]2CCCN2)c1. The van der Waals surface area contributed by atoms with Crippen molar-refractivity contribution in [1.82, 2.24) is 10.0 Å². The second kappa shape index (κ2) is 5.98. The third kappa shape index (κ3) is 3.75. The molecule has 0 radical (unpaired) electrons. The fourth-order valence-corrected chi connectivity index (χ4v) is 3.47. The molecular formula is C13H19FN2O2S. The quantitative estimate of drug-likeness (QED) is 0.863. The highest BCUT2D eigenvalue weighted by Crippen LogP contribution is 2.16. The maximum Gasteiger partial charge on any atom is 0.243 e. The maximum atomic E-state index is 13.6. The van der Waals surface area contributed by atoms with Crippen molar-refractivity contribution in [3.05, 3.63) is 29.6 Å². The van der Waals surface area contributed by atoms with Gasteiger partial charge in [0.1, 0.15) is 10.7 Å². The Bertz CT molecular complexity index is 540. The minimum absolute atomic E-state index is 0.271. The third-order valence-corrected chi connectivity index (χ3v) is 4.80. The number of nitrogens with one attached hydrogen (secondary N) is 2. The highest BCUT2D eigenvalue weighted by molar-refractivity contribution is 7.89. The van der Waals surface area contributed by atoms with Crippen LogP contribution in [0.15, 0.2) is 23.1 Å². The number of hydrogen-bond donors (Lipinski definition) is 2. The zero-order valence-corrected chi connectivity index (χ0v) is 11.8. The van der Waals surface area contributed by atoms with Crippen molar-refractivity contribution in [3.63, 3.8) is 0 Å². The molecule has 1 aromatic carbocycles. The molecule has 19 heavy (non-hydrogen) atoms. The normalized spacial score (nSPS) is 19.8. The van der Waals surface area contributed by atoms with Gasteiger partial charge in [0.15, 0.2) is 0 Å². The van der Waals surface area contributed by atoms with E-state index < -0.39 is 15.8 Å². The van der Waals surface area contributed by atoms with Crippen molar-refractivity contribution in [1.29, 1.82) is 0 Å². The monoisotopic (exact) mass is 286 g/mol. The molecule has 0 spiro atoms. The molecule has 0 aromatic heterocycles. The Balaban J connectivity index is 1.99. The third-order valence-electron chi connectivity index (χ3n) is 3.32. The molecule has 0 aliphatic carbocycles. The van der Waals surface area contributed by atoms with Gasteiger partial charge in [0.2, 0.25) is 10.0 Å². The van der Waals surface area contributed by atoms with Gasteiger partial charge >= 0.3 is 0 Å². The molecular weight excluding hydrogens is 267 g/mol. The summed E-state index contributed by atoms with van der Waals surface area (Å²) >= 11 is 0. The highest BCUT2D eigenvalue weighted by atomic mass is 32.2. The first kappa shape index (κ1) is 14.4. The Hall–Kier alpha value is -0.980. The van der Waals surface area contributed by atoms with E-state index >= 15 is 0 Å². The van der Waals surface area contributed by atoms with Crippen LogP contribution in [0.5, 0.6) is 0 Å². The number of benzene rings is 1. The highest BCUT2D eigenvalue weighted by Gasteiger charge is 2.20. The summed E-state index contributed by atoms with van der Waals surface area (Å²) in [4.78, 5) is -0.271. The van der Waals surface area contributed by atoms with Crippen LogP contribution in [0.2, 0.25) is 0 Å². The molecule has 0 bridgehead atoms. The first-order valence-corrected chi connectivity index (χ1v) is 7.96. The Kier molecular flexibility index (Phi) is 4.54. The van der Waals surface area contributed by atoms with Gasteiger partial charge < -0.3 is 5.32 Å². The van der Waals surface area contributed by atoms with E-state index in [4.69, 9.17) is 0 Å². The van der Waals surface area contributed by atoms with Gasteiger partial charge in [-0.25, -0.2) is 17.5 Å². The Labute approximate surface area is 113 Å². The fraction of sp³-hybridized carbons (Fsp3) is 0.538. The van der Waals surface area contributed by atoms with Gasteiger partial charge in [0.25, 0.3) is 0 Å². The molecule has 2 rings (SSSR count). The lowest BCUT2D eigenvalue weighted by Gasteiger charge is -2.12. The van der Waals surface area contributed by atoms with E-state index in [-0.39, 0.29) is 4.90 Å². The molecule has 106 valence electrons. The number of aryl methyl sites for hydroxylation is 1. The molecule has 6 heteroatoms. The Morgan fingerprint density at radius 1 is 1.47 bits per heavy atom. The van der Waals surface area contributed by atoms with Crippen molar-refractivity contribution < 1.29 is 12.8 Å². The minimum Gasteiger partial charge on any atom is -0.314 e.